The molecule has 0 atom stereocenters. The van der Waals surface area contributed by atoms with Crippen molar-refractivity contribution in [2.24, 2.45) is 0 Å². The molecule has 0 aliphatic heterocycles. The van der Waals surface area contributed by atoms with Gasteiger partial charge in [0.1, 0.15) is 0 Å². The van der Waals surface area contributed by atoms with Crippen LogP contribution in [0.4, 0.5) is 5.69 Å². The van der Waals surface area contributed by atoms with Crippen LogP contribution in [0.3, 0.4) is 0 Å². The second-order valence-corrected chi connectivity index (χ2v) is 8.88. The molecule has 2 aromatic rings. The lowest BCUT2D eigenvalue weighted by Crippen LogP contribution is -2.14. The Bertz CT molecular complexity index is 877. The van der Waals surface area contributed by atoms with E-state index in [0.717, 1.165) is 12.3 Å². The monoisotopic (exact) mass is 389 g/mol. The molecule has 0 radical (unpaired) electrons. The summed E-state index contributed by atoms with van der Waals surface area (Å²) in [4.78, 5) is -0.154. The van der Waals surface area contributed by atoms with Gasteiger partial charge in [0.15, 0.2) is 9.84 Å². The molecule has 21 heavy (non-hydrogen) atoms. The van der Waals surface area contributed by atoms with E-state index in [0.29, 0.717) is 10.2 Å². The summed E-state index contributed by atoms with van der Waals surface area (Å²) in [6.45, 7) is 0. The summed E-state index contributed by atoms with van der Waals surface area (Å²) in [5.41, 5.74) is 0.377. The van der Waals surface area contributed by atoms with Gasteiger partial charge in [-0.3, -0.25) is 4.72 Å². The minimum atomic E-state index is -3.86. The maximum absolute atomic E-state index is 12.3. The Balaban J connectivity index is 2.44. The van der Waals surface area contributed by atoms with Gasteiger partial charge in [0, 0.05) is 10.7 Å². The van der Waals surface area contributed by atoms with E-state index in [2.05, 4.69) is 20.7 Å². The molecule has 0 spiro atoms. The molecular formula is C13H12BrNO4S2. The standard InChI is InChI=1S/C13H12BrNO4S2/c1-20(16,17)10-5-4-6-11(9-10)21(18,19)15-13-8-3-2-7-12(13)14/h2-9,15H,1H3. The third kappa shape index (κ3) is 3.84. The third-order valence-electron chi connectivity index (χ3n) is 2.66. The molecule has 0 aliphatic carbocycles. The second kappa shape index (κ2) is 5.78. The average Bonchev–Trinajstić information content (AvgIpc) is 2.40. The SMILES string of the molecule is CS(=O)(=O)c1cccc(S(=O)(=O)Nc2ccccc2Br)c1. The van der Waals surface area contributed by atoms with Gasteiger partial charge in [-0.15, -0.1) is 0 Å². The van der Waals surface area contributed by atoms with Crippen molar-refractivity contribution in [1.82, 2.24) is 0 Å². The predicted molar refractivity (Wildman–Crippen MR) is 84.5 cm³/mol. The number of benzene rings is 2. The van der Waals surface area contributed by atoms with Gasteiger partial charge in [-0.25, -0.2) is 16.8 Å². The van der Waals surface area contributed by atoms with E-state index in [-0.39, 0.29) is 9.79 Å². The summed E-state index contributed by atoms with van der Waals surface area (Å²) >= 11 is 3.24. The fourth-order valence-corrected chi connectivity index (χ4v) is 4.00. The number of para-hydroxylation sites is 1. The number of rotatable bonds is 4. The lowest BCUT2D eigenvalue weighted by atomic mass is 10.3. The highest BCUT2D eigenvalue weighted by Gasteiger charge is 2.18. The van der Waals surface area contributed by atoms with Crippen LogP contribution in [0, 0.1) is 0 Å². The Labute approximate surface area is 132 Å². The van der Waals surface area contributed by atoms with E-state index >= 15 is 0 Å². The molecule has 5 nitrogen and oxygen atoms in total. The van der Waals surface area contributed by atoms with Crippen molar-refractivity contribution >= 4 is 41.5 Å². The van der Waals surface area contributed by atoms with Crippen LogP contribution in [0.15, 0.2) is 62.8 Å². The molecule has 1 N–H and O–H groups in total. The van der Waals surface area contributed by atoms with Gasteiger partial charge in [0.25, 0.3) is 10.0 Å². The molecule has 0 saturated heterocycles. The number of nitrogens with one attached hydrogen (secondary N) is 1. The van der Waals surface area contributed by atoms with Gasteiger partial charge >= 0.3 is 0 Å². The number of hydrogen-bond acceptors (Lipinski definition) is 4. The zero-order valence-corrected chi connectivity index (χ0v) is 14.2. The van der Waals surface area contributed by atoms with Crippen molar-refractivity contribution in [2.45, 2.75) is 9.79 Å². The largest absolute Gasteiger partial charge is 0.278 e. The van der Waals surface area contributed by atoms with Crippen LogP contribution in [0.25, 0.3) is 0 Å². The Morgan fingerprint density at radius 2 is 1.52 bits per heavy atom. The van der Waals surface area contributed by atoms with Crippen LogP contribution in [0.5, 0.6) is 0 Å². The molecule has 0 unspecified atom stereocenters. The molecule has 0 heterocycles. The Morgan fingerprint density at radius 3 is 2.14 bits per heavy atom. The highest BCUT2D eigenvalue weighted by Crippen LogP contribution is 2.25. The fourth-order valence-electron chi connectivity index (χ4n) is 1.62. The maximum atomic E-state index is 12.3. The third-order valence-corrected chi connectivity index (χ3v) is 5.83. The van der Waals surface area contributed by atoms with Crippen LogP contribution in [0.2, 0.25) is 0 Å². The van der Waals surface area contributed by atoms with Crippen molar-refractivity contribution in [2.75, 3.05) is 11.0 Å². The Kier molecular flexibility index (Phi) is 4.40. The van der Waals surface area contributed by atoms with Crippen LogP contribution in [-0.2, 0) is 19.9 Å². The van der Waals surface area contributed by atoms with E-state index in [4.69, 9.17) is 0 Å². The molecule has 0 aliphatic rings. The van der Waals surface area contributed by atoms with Crippen molar-refractivity contribution in [3.63, 3.8) is 0 Å². The van der Waals surface area contributed by atoms with Gasteiger partial charge in [-0.05, 0) is 46.3 Å². The van der Waals surface area contributed by atoms with Crippen molar-refractivity contribution < 1.29 is 16.8 Å². The lowest BCUT2D eigenvalue weighted by molar-refractivity contribution is 0.599. The highest BCUT2D eigenvalue weighted by atomic mass is 79.9. The smallest absolute Gasteiger partial charge is 0.261 e. The molecule has 8 heteroatoms. The fraction of sp³-hybridized carbons (Fsp3) is 0.0769. The lowest BCUT2D eigenvalue weighted by Gasteiger charge is -2.10. The summed E-state index contributed by atoms with van der Waals surface area (Å²) in [5, 5.41) is 0. The van der Waals surface area contributed by atoms with Crippen LogP contribution in [-0.4, -0.2) is 23.1 Å². The Morgan fingerprint density at radius 1 is 0.905 bits per heavy atom. The van der Waals surface area contributed by atoms with Crippen LogP contribution >= 0.6 is 15.9 Å². The first kappa shape index (κ1) is 16.0. The van der Waals surface area contributed by atoms with Gasteiger partial charge in [-0.2, -0.15) is 0 Å². The summed E-state index contributed by atoms with van der Waals surface area (Å²) < 4.78 is 50.6. The molecular weight excluding hydrogens is 378 g/mol. The van der Waals surface area contributed by atoms with E-state index in [1.165, 1.54) is 18.2 Å². The van der Waals surface area contributed by atoms with Crippen molar-refractivity contribution in [3.8, 4) is 0 Å². The number of hydrogen-bond donors (Lipinski definition) is 1. The first-order valence-corrected chi connectivity index (χ1v) is 9.94. The molecule has 112 valence electrons. The van der Waals surface area contributed by atoms with Crippen molar-refractivity contribution in [1.29, 1.82) is 0 Å². The zero-order chi connectivity index (χ0) is 15.7. The van der Waals surface area contributed by atoms with E-state index in [1.54, 1.807) is 24.3 Å². The summed E-state index contributed by atoms with van der Waals surface area (Å²) in [6.07, 6.45) is 1.03. The quantitative estimate of drug-likeness (QED) is 0.871. The second-order valence-electron chi connectivity index (χ2n) is 4.33. The molecule has 2 rings (SSSR count). The minimum Gasteiger partial charge on any atom is -0.278 e. The van der Waals surface area contributed by atoms with Crippen LogP contribution < -0.4 is 4.72 Å². The van der Waals surface area contributed by atoms with E-state index in [9.17, 15) is 16.8 Å². The summed E-state index contributed by atoms with van der Waals surface area (Å²) in [6, 6.07) is 12.0. The first-order valence-electron chi connectivity index (χ1n) is 5.77. The summed E-state index contributed by atoms with van der Waals surface area (Å²) in [5.74, 6) is 0. The van der Waals surface area contributed by atoms with Crippen LogP contribution in [0.1, 0.15) is 0 Å². The number of sulfonamides is 1. The van der Waals surface area contributed by atoms with Gasteiger partial charge in [0.05, 0.1) is 15.5 Å². The Hall–Kier alpha value is -1.38. The minimum absolute atomic E-state index is 0.0440. The molecule has 0 saturated carbocycles. The van der Waals surface area contributed by atoms with E-state index < -0.39 is 19.9 Å². The number of halogens is 1. The normalized spacial score (nSPS) is 12.1. The molecule has 2 aromatic carbocycles. The van der Waals surface area contributed by atoms with Gasteiger partial charge in [-0.1, -0.05) is 18.2 Å². The highest BCUT2D eigenvalue weighted by molar-refractivity contribution is 9.10. The number of sulfone groups is 1. The molecule has 0 aromatic heterocycles. The van der Waals surface area contributed by atoms with E-state index in [1.807, 2.05) is 0 Å². The summed E-state index contributed by atoms with van der Waals surface area (Å²) in [7, 11) is -7.33. The molecule has 0 bridgehead atoms. The topological polar surface area (TPSA) is 80.3 Å². The van der Waals surface area contributed by atoms with Gasteiger partial charge in [0.2, 0.25) is 0 Å². The molecule has 0 amide bonds. The van der Waals surface area contributed by atoms with Gasteiger partial charge < -0.3 is 0 Å². The zero-order valence-electron chi connectivity index (χ0n) is 10.9. The predicted octanol–water partition coefficient (Wildman–Crippen LogP) is 2.65. The first-order chi connectivity index (χ1) is 9.70. The number of anilines is 1. The molecule has 0 fully saturated rings. The van der Waals surface area contributed by atoms with Crippen molar-refractivity contribution in [3.05, 3.63) is 53.0 Å². The average molecular weight is 390 g/mol. The maximum Gasteiger partial charge on any atom is 0.261 e.